The molecule has 0 spiro atoms. The number of aromatic carboxylic acids is 1. The van der Waals surface area contributed by atoms with Crippen molar-refractivity contribution in [2.75, 3.05) is 18.0 Å². The maximum absolute atomic E-state index is 10.6. The minimum absolute atomic E-state index is 0.0295. The van der Waals surface area contributed by atoms with Crippen LogP contribution in [0, 0.1) is 0 Å². The van der Waals surface area contributed by atoms with Gasteiger partial charge in [0.2, 0.25) is 0 Å². The van der Waals surface area contributed by atoms with Crippen LogP contribution in [-0.2, 0) is 0 Å². The van der Waals surface area contributed by atoms with Gasteiger partial charge in [-0.05, 0) is 13.8 Å². The fourth-order valence-electron chi connectivity index (χ4n) is 1.18. The normalized spacial score (nSPS) is 9.86. The molecule has 0 amide bonds. The Morgan fingerprint density at radius 1 is 1.43 bits per heavy atom. The molecule has 1 aromatic rings. The Morgan fingerprint density at radius 3 is 2.57 bits per heavy atom. The molecule has 0 bridgehead atoms. The minimum Gasteiger partial charge on any atom is -0.477 e. The number of anilines is 1. The fraction of sp³-hybridized carbons (Fsp3) is 0.444. The molecule has 1 heterocycles. The Hall–Kier alpha value is -1.65. The summed E-state index contributed by atoms with van der Waals surface area (Å²) in [6, 6.07) is 1.48. The molecule has 0 aliphatic carbocycles. The van der Waals surface area contributed by atoms with Gasteiger partial charge in [0.15, 0.2) is 5.69 Å². The second-order valence-corrected chi connectivity index (χ2v) is 2.74. The smallest absolute Gasteiger partial charge is 0.354 e. The molecule has 0 aliphatic heterocycles. The second-order valence-electron chi connectivity index (χ2n) is 2.74. The van der Waals surface area contributed by atoms with E-state index < -0.39 is 5.97 Å². The summed E-state index contributed by atoms with van der Waals surface area (Å²) in [6.07, 6.45) is 1.27. The van der Waals surface area contributed by atoms with Crippen molar-refractivity contribution in [3.63, 3.8) is 0 Å². The summed E-state index contributed by atoms with van der Waals surface area (Å²) in [5.41, 5.74) is 0.0295. The van der Waals surface area contributed by atoms with Crippen molar-refractivity contribution < 1.29 is 9.90 Å². The van der Waals surface area contributed by atoms with Gasteiger partial charge in [0, 0.05) is 19.2 Å². The predicted molar refractivity (Wildman–Crippen MR) is 52.6 cm³/mol. The van der Waals surface area contributed by atoms with Gasteiger partial charge in [-0.1, -0.05) is 0 Å². The van der Waals surface area contributed by atoms with E-state index in [1.807, 2.05) is 18.7 Å². The highest BCUT2D eigenvalue weighted by atomic mass is 16.4. The SMILES string of the molecule is CCN(CC)c1cc(C(=O)O)ncn1. The van der Waals surface area contributed by atoms with Gasteiger partial charge in [-0.3, -0.25) is 0 Å². The molecule has 0 saturated carbocycles. The third-order valence-electron chi connectivity index (χ3n) is 1.96. The van der Waals surface area contributed by atoms with Gasteiger partial charge in [0.1, 0.15) is 12.1 Å². The van der Waals surface area contributed by atoms with E-state index in [-0.39, 0.29) is 5.69 Å². The van der Waals surface area contributed by atoms with E-state index in [0.29, 0.717) is 5.82 Å². The van der Waals surface area contributed by atoms with Gasteiger partial charge in [-0.15, -0.1) is 0 Å². The summed E-state index contributed by atoms with van der Waals surface area (Å²) in [7, 11) is 0. The Labute approximate surface area is 82.4 Å². The Balaban J connectivity index is 2.98. The molecule has 76 valence electrons. The lowest BCUT2D eigenvalue weighted by Crippen LogP contribution is -2.23. The molecule has 0 fully saturated rings. The number of carboxylic acids is 1. The van der Waals surface area contributed by atoms with Gasteiger partial charge < -0.3 is 10.0 Å². The zero-order valence-electron chi connectivity index (χ0n) is 8.27. The Morgan fingerprint density at radius 2 is 2.07 bits per heavy atom. The first-order valence-corrected chi connectivity index (χ1v) is 4.49. The van der Waals surface area contributed by atoms with Crippen LogP contribution < -0.4 is 4.90 Å². The van der Waals surface area contributed by atoms with Crippen molar-refractivity contribution in [3.05, 3.63) is 18.1 Å². The van der Waals surface area contributed by atoms with Gasteiger partial charge in [-0.2, -0.15) is 0 Å². The van der Waals surface area contributed by atoms with Crippen molar-refractivity contribution in [2.45, 2.75) is 13.8 Å². The quantitative estimate of drug-likeness (QED) is 0.777. The number of carbonyl (C=O) groups is 1. The van der Waals surface area contributed by atoms with Gasteiger partial charge in [0.25, 0.3) is 0 Å². The molecular weight excluding hydrogens is 182 g/mol. The van der Waals surface area contributed by atoms with Crippen LogP contribution in [0.1, 0.15) is 24.3 Å². The van der Waals surface area contributed by atoms with Crippen LogP contribution in [-0.4, -0.2) is 34.1 Å². The van der Waals surface area contributed by atoms with Crippen molar-refractivity contribution in [3.8, 4) is 0 Å². The van der Waals surface area contributed by atoms with E-state index in [1.165, 1.54) is 12.4 Å². The number of hydrogen-bond acceptors (Lipinski definition) is 4. The highest BCUT2D eigenvalue weighted by molar-refractivity contribution is 5.86. The maximum atomic E-state index is 10.6. The molecule has 1 rings (SSSR count). The summed E-state index contributed by atoms with van der Waals surface area (Å²) in [4.78, 5) is 20.3. The number of rotatable bonds is 4. The van der Waals surface area contributed by atoms with Gasteiger partial charge in [-0.25, -0.2) is 14.8 Å². The van der Waals surface area contributed by atoms with Crippen molar-refractivity contribution >= 4 is 11.8 Å². The van der Waals surface area contributed by atoms with Crippen LogP contribution in [0.25, 0.3) is 0 Å². The molecule has 1 aromatic heterocycles. The highest BCUT2D eigenvalue weighted by Gasteiger charge is 2.08. The first-order chi connectivity index (χ1) is 6.69. The van der Waals surface area contributed by atoms with Gasteiger partial charge in [0.05, 0.1) is 0 Å². The number of aromatic nitrogens is 2. The first-order valence-electron chi connectivity index (χ1n) is 4.49. The number of carboxylic acid groups (broad SMARTS) is 1. The third-order valence-corrected chi connectivity index (χ3v) is 1.96. The summed E-state index contributed by atoms with van der Waals surface area (Å²) in [5.74, 6) is -0.372. The lowest BCUT2D eigenvalue weighted by Gasteiger charge is -2.19. The van der Waals surface area contributed by atoms with Gasteiger partial charge >= 0.3 is 5.97 Å². The molecule has 0 aromatic carbocycles. The lowest BCUT2D eigenvalue weighted by atomic mass is 10.3. The molecule has 0 unspecified atom stereocenters. The standard InChI is InChI=1S/C9H13N3O2/c1-3-12(4-2)8-5-7(9(13)14)10-6-11-8/h5-6H,3-4H2,1-2H3,(H,13,14). The van der Waals surface area contributed by atoms with Crippen molar-refractivity contribution in [1.82, 2.24) is 9.97 Å². The van der Waals surface area contributed by atoms with Crippen molar-refractivity contribution in [2.24, 2.45) is 0 Å². The van der Waals surface area contributed by atoms with Crippen molar-refractivity contribution in [1.29, 1.82) is 0 Å². The number of nitrogens with zero attached hydrogens (tertiary/aromatic N) is 3. The van der Waals surface area contributed by atoms with Crippen LogP contribution in [0.5, 0.6) is 0 Å². The first kappa shape index (κ1) is 10.4. The average Bonchev–Trinajstić information content (AvgIpc) is 2.20. The molecule has 14 heavy (non-hydrogen) atoms. The molecule has 5 nitrogen and oxygen atoms in total. The summed E-state index contributed by atoms with van der Waals surface area (Å²) >= 11 is 0. The summed E-state index contributed by atoms with van der Waals surface area (Å²) < 4.78 is 0. The van der Waals surface area contributed by atoms with Crippen LogP contribution in [0.4, 0.5) is 5.82 Å². The van der Waals surface area contributed by atoms with E-state index in [0.717, 1.165) is 13.1 Å². The summed E-state index contributed by atoms with van der Waals surface area (Å²) in [5, 5.41) is 8.73. The zero-order chi connectivity index (χ0) is 10.6. The van der Waals surface area contributed by atoms with E-state index >= 15 is 0 Å². The molecule has 1 N–H and O–H groups in total. The minimum atomic E-state index is -1.03. The molecular formula is C9H13N3O2. The molecule has 0 saturated heterocycles. The van der Waals surface area contributed by atoms with E-state index in [1.54, 1.807) is 0 Å². The second kappa shape index (κ2) is 4.55. The monoisotopic (exact) mass is 195 g/mol. The van der Waals surface area contributed by atoms with Crippen LogP contribution in [0.2, 0.25) is 0 Å². The average molecular weight is 195 g/mol. The molecule has 0 atom stereocenters. The van der Waals surface area contributed by atoms with E-state index in [4.69, 9.17) is 5.11 Å². The highest BCUT2D eigenvalue weighted by Crippen LogP contribution is 2.09. The topological polar surface area (TPSA) is 66.3 Å². The van der Waals surface area contributed by atoms with Crippen LogP contribution in [0.15, 0.2) is 12.4 Å². The lowest BCUT2D eigenvalue weighted by molar-refractivity contribution is 0.0690. The number of hydrogen-bond donors (Lipinski definition) is 1. The third kappa shape index (κ3) is 2.18. The molecule has 5 heteroatoms. The molecule has 0 radical (unpaired) electrons. The summed E-state index contributed by atoms with van der Waals surface area (Å²) in [6.45, 7) is 5.58. The Bertz CT molecular complexity index is 324. The Kier molecular flexibility index (Phi) is 3.39. The zero-order valence-corrected chi connectivity index (χ0v) is 8.27. The largest absolute Gasteiger partial charge is 0.477 e. The molecule has 0 aliphatic rings. The van der Waals surface area contributed by atoms with E-state index in [9.17, 15) is 4.79 Å². The maximum Gasteiger partial charge on any atom is 0.354 e. The fourth-order valence-corrected chi connectivity index (χ4v) is 1.18. The van der Waals surface area contributed by atoms with E-state index in [2.05, 4.69) is 9.97 Å². The predicted octanol–water partition coefficient (Wildman–Crippen LogP) is 1.02. The van der Waals surface area contributed by atoms with Crippen LogP contribution in [0.3, 0.4) is 0 Å². The van der Waals surface area contributed by atoms with Crippen LogP contribution >= 0.6 is 0 Å².